The van der Waals surface area contributed by atoms with Gasteiger partial charge in [-0.15, -0.1) is 0 Å². The predicted octanol–water partition coefficient (Wildman–Crippen LogP) is 3.10. The largest absolute Gasteiger partial charge is 0.365 e. The SMILES string of the molecule is CC1(C)O[C@@H]2[C@H](O1)[C@@H](C=Cc1ncccn1)O[C@H]2n1cnc2c(NC3CCCC3)ncnc21. The number of nitrogens with one attached hydrogen (secondary N) is 1. The maximum Gasteiger partial charge on any atom is 0.167 e. The summed E-state index contributed by atoms with van der Waals surface area (Å²) >= 11 is 0. The molecule has 1 saturated carbocycles. The van der Waals surface area contributed by atoms with Crippen LogP contribution in [0.2, 0.25) is 0 Å². The van der Waals surface area contributed by atoms with Crippen LogP contribution in [0.25, 0.3) is 17.2 Å². The van der Waals surface area contributed by atoms with Crippen molar-refractivity contribution in [2.24, 2.45) is 0 Å². The molecule has 3 aliphatic rings. The molecule has 0 amide bonds. The Morgan fingerprint density at radius 3 is 2.64 bits per heavy atom. The van der Waals surface area contributed by atoms with Crippen molar-refractivity contribution in [3.8, 4) is 0 Å². The van der Waals surface area contributed by atoms with Crippen LogP contribution in [0.15, 0.2) is 37.2 Å². The summed E-state index contributed by atoms with van der Waals surface area (Å²) in [5.74, 6) is 0.664. The number of fused-ring (bicyclic) bond motifs is 2. The maximum absolute atomic E-state index is 6.42. The van der Waals surface area contributed by atoms with Crippen molar-refractivity contribution in [3.05, 3.63) is 43.0 Å². The van der Waals surface area contributed by atoms with Crippen LogP contribution in [0, 0.1) is 0 Å². The highest BCUT2D eigenvalue weighted by molar-refractivity contribution is 5.82. The first-order valence-electron chi connectivity index (χ1n) is 11.5. The number of rotatable bonds is 5. The monoisotopic (exact) mass is 449 g/mol. The molecule has 3 aromatic rings. The molecule has 10 nitrogen and oxygen atoms in total. The molecule has 1 aliphatic carbocycles. The lowest BCUT2D eigenvalue weighted by molar-refractivity contribution is -0.191. The predicted molar refractivity (Wildman–Crippen MR) is 120 cm³/mol. The fourth-order valence-corrected chi connectivity index (χ4v) is 4.97. The Morgan fingerprint density at radius 1 is 1.03 bits per heavy atom. The molecule has 0 bridgehead atoms. The highest BCUT2D eigenvalue weighted by Crippen LogP contribution is 2.44. The molecular weight excluding hydrogens is 422 g/mol. The molecular formula is C23H27N7O3. The van der Waals surface area contributed by atoms with Crippen LogP contribution in [-0.4, -0.2) is 59.6 Å². The molecule has 4 atom stereocenters. The summed E-state index contributed by atoms with van der Waals surface area (Å²) in [4.78, 5) is 22.1. The van der Waals surface area contributed by atoms with Gasteiger partial charge in [-0.25, -0.2) is 24.9 Å². The van der Waals surface area contributed by atoms with Gasteiger partial charge in [0.05, 0.1) is 6.33 Å². The van der Waals surface area contributed by atoms with E-state index in [0.29, 0.717) is 17.5 Å². The van der Waals surface area contributed by atoms with Crippen molar-refractivity contribution in [2.75, 3.05) is 5.32 Å². The molecule has 0 radical (unpaired) electrons. The van der Waals surface area contributed by atoms with Gasteiger partial charge in [-0.1, -0.05) is 12.8 Å². The van der Waals surface area contributed by atoms with E-state index in [1.54, 1.807) is 31.1 Å². The highest BCUT2D eigenvalue weighted by atomic mass is 16.8. The fourth-order valence-electron chi connectivity index (χ4n) is 4.97. The summed E-state index contributed by atoms with van der Waals surface area (Å²) < 4.78 is 20.8. The normalized spacial score (nSPS) is 29.3. The number of ether oxygens (including phenoxy) is 3. The smallest absolute Gasteiger partial charge is 0.167 e. The molecule has 10 heteroatoms. The van der Waals surface area contributed by atoms with Crippen molar-refractivity contribution < 1.29 is 14.2 Å². The lowest BCUT2D eigenvalue weighted by Crippen LogP contribution is -2.28. The van der Waals surface area contributed by atoms with E-state index in [4.69, 9.17) is 14.2 Å². The van der Waals surface area contributed by atoms with Crippen LogP contribution in [0.4, 0.5) is 5.82 Å². The number of nitrogens with zero attached hydrogens (tertiary/aromatic N) is 6. The van der Waals surface area contributed by atoms with Gasteiger partial charge in [-0.2, -0.15) is 0 Å². The number of hydrogen-bond donors (Lipinski definition) is 1. The van der Waals surface area contributed by atoms with Gasteiger partial charge < -0.3 is 19.5 Å². The Hall–Kier alpha value is -2.95. The lowest BCUT2D eigenvalue weighted by atomic mass is 10.1. The van der Waals surface area contributed by atoms with Crippen molar-refractivity contribution >= 4 is 23.1 Å². The maximum atomic E-state index is 6.42. The average molecular weight is 450 g/mol. The van der Waals surface area contributed by atoms with E-state index in [-0.39, 0.29) is 18.3 Å². The van der Waals surface area contributed by atoms with E-state index >= 15 is 0 Å². The van der Waals surface area contributed by atoms with Gasteiger partial charge in [-0.3, -0.25) is 4.57 Å². The Morgan fingerprint density at radius 2 is 1.82 bits per heavy atom. The third-order valence-corrected chi connectivity index (χ3v) is 6.41. The Labute approximate surface area is 191 Å². The minimum absolute atomic E-state index is 0.277. The van der Waals surface area contributed by atoms with Crippen LogP contribution >= 0.6 is 0 Å². The van der Waals surface area contributed by atoms with Crippen LogP contribution < -0.4 is 5.32 Å². The van der Waals surface area contributed by atoms with Crippen LogP contribution in [0.5, 0.6) is 0 Å². The first-order chi connectivity index (χ1) is 16.1. The van der Waals surface area contributed by atoms with Crippen LogP contribution in [0.1, 0.15) is 51.6 Å². The molecule has 172 valence electrons. The molecule has 6 rings (SSSR count). The van der Waals surface area contributed by atoms with Gasteiger partial charge >= 0.3 is 0 Å². The molecule has 3 aromatic heterocycles. The second-order valence-corrected chi connectivity index (χ2v) is 9.19. The van der Waals surface area contributed by atoms with Gasteiger partial charge in [0.25, 0.3) is 0 Å². The van der Waals surface area contributed by atoms with E-state index in [2.05, 4.69) is 30.2 Å². The van der Waals surface area contributed by atoms with Gasteiger partial charge in [-0.05, 0) is 44.9 Å². The van der Waals surface area contributed by atoms with Crippen LogP contribution in [-0.2, 0) is 14.2 Å². The molecule has 33 heavy (non-hydrogen) atoms. The fraction of sp³-hybridized carbons (Fsp3) is 0.522. The average Bonchev–Trinajstić information content (AvgIpc) is 3.58. The Bertz CT molecular complexity index is 1160. The lowest BCUT2D eigenvalue weighted by Gasteiger charge is -2.24. The Balaban J connectivity index is 1.31. The van der Waals surface area contributed by atoms with Crippen molar-refractivity contribution in [2.45, 2.75) is 75.9 Å². The highest BCUT2D eigenvalue weighted by Gasteiger charge is 2.55. The number of anilines is 1. The summed E-state index contributed by atoms with van der Waals surface area (Å²) in [6.07, 6.45) is 13.9. The van der Waals surface area contributed by atoms with Crippen molar-refractivity contribution in [3.63, 3.8) is 0 Å². The summed E-state index contributed by atoms with van der Waals surface area (Å²) in [6, 6.07) is 2.22. The quantitative estimate of drug-likeness (QED) is 0.628. The van der Waals surface area contributed by atoms with E-state index < -0.39 is 12.0 Å². The number of hydrogen-bond acceptors (Lipinski definition) is 9. The molecule has 2 aliphatic heterocycles. The number of aromatic nitrogens is 6. The zero-order valence-corrected chi connectivity index (χ0v) is 18.7. The van der Waals surface area contributed by atoms with E-state index in [1.807, 2.05) is 30.6 Å². The van der Waals surface area contributed by atoms with Gasteiger partial charge in [0, 0.05) is 18.4 Å². The molecule has 3 fully saturated rings. The van der Waals surface area contributed by atoms with Crippen molar-refractivity contribution in [1.29, 1.82) is 0 Å². The van der Waals surface area contributed by atoms with Crippen LogP contribution in [0.3, 0.4) is 0 Å². The molecule has 0 unspecified atom stereocenters. The molecule has 5 heterocycles. The second-order valence-electron chi connectivity index (χ2n) is 9.19. The van der Waals surface area contributed by atoms with E-state index in [1.165, 1.54) is 12.8 Å². The third-order valence-electron chi connectivity index (χ3n) is 6.41. The first-order valence-corrected chi connectivity index (χ1v) is 11.5. The molecule has 0 spiro atoms. The minimum Gasteiger partial charge on any atom is -0.365 e. The van der Waals surface area contributed by atoms with E-state index in [0.717, 1.165) is 24.2 Å². The minimum atomic E-state index is -0.715. The summed E-state index contributed by atoms with van der Waals surface area (Å²) in [7, 11) is 0. The van der Waals surface area contributed by atoms with Crippen molar-refractivity contribution in [1.82, 2.24) is 29.5 Å². The zero-order chi connectivity index (χ0) is 22.4. The van der Waals surface area contributed by atoms with Gasteiger partial charge in [0.1, 0.15) is 24.6 Å². The second kappa shape index (κ2) is 8.12. The van der Waals surface area contributed by atoms with Gasteiger partial charge in [0.2, 0.25) is 0 Å². The topological polar surface area (TPSA) is 109 Å². The summed E-state index contributed by atoms with van der Waals surface area (Å²) in [5.41, 5.74) is 1.44. The molecule has 0 aromatic carbocycles. The molecule has 1 N–H and O–H groups in total. The first kappa shape index (κ1) is 20.6. The summed E-state index contributed by atoms with van der Waals surface area (Å²) in [5, 5.41) is 3.55. The zero-order valence-electron chi connectivity index (χ0n) is 18.7. The van der Waals surface area contributed by atoms with E-state index in [9.17, 15) is 0 Å². The van der Waals surface area contributed by atoms with Gasteiger partial charge in [0.15, 0.2) is 34.8 Å². The number of imidazole rings is 1. The molecule has 2 saturated heterocycles. The Kier molecular flexibility index (Phi) is 5.08. The standard InChI is InChI=1S/C23H27N7O3/c1-23(2)32-18-15(8-9-16-24-10-5-11-25-16)31-22(19(18)33-23)30-13-28-17-20(26-12-27-21(17)30)29-14-6-3-4-7-14/h5,8-15,18-19,22H,3-4,6-7H2,1-2H3,(H,26,27,29)/t15-,18-,19-,22-/m1/s1. The summed E-state index contributed by atoms with van der Waals surface area (Å²) in [6.45, 7) is 3.84. The third kappa shape index (κ3) is 3.88.